The van der Waals surface area contributed by atoms with Crippen LogP contribution in [0.2, 0.25) is 5.02 Å². The Balaban J connectivity index is 1.72. The van der Waals surface area contributed by atoms with Crippen molar-refractivity contribution in [2.45, 2.75) is 6.92 Å². The maximum atomic E-state index is 12.4. The number of aliphatic imine (C=N–C) groups is 1. The van der Waals surface area contributed by atoms with Crippen LogP contribution in [0.15, 0.2) is 64.2 Å². The van der Waals surface area contributed by atoms with E-state index in [0.717, 1.165) is 16.7 Å². The van der Waals surface area contributed by atoms with Crippen LogP contribution in [0.5, 0.6) is 0 Å². The number of aryl methyl sites for hydroxylation is 1. The van der Waals surface area contributed by atoms with Gasteiger partial charge in [-0.05, 0) is 36.4 Å². The third-order valence-electron chi connectivity index (χ3n) is 3.91. The van der Waals surface area contributed by atoms with Crippen molar-refractivity contribution in [1.82, 2.24) is 5.01 Å². The average Bonchev–Trinajstić information content (AvgIpc) is 3.03. The third kappa shape index (κ3) is 2.98. The van der Waals surface area contributed by atoms with Crippen LogP contribution in [0.1, 0.15) is 16.7 Å². The van der Waals surface area contributed by atoms with E-state index in [2.05, 4.69) is 10.1 Å². The van der Waals surface area contributed by atoms with Crippen molar-refractivity contribution >= 4 is 51.4 Å². The van der Waals surface area contributed by atoms with Crippen molar-refractivity contribution in [3.63, 3.8) is 0 Å². The van der Waals surface area contributed by atoms with Crippen LogP contribution >= 0.6 is 23.4 Å². The first-order valence-electron chi connectivity index (χ1n) is 7.85. The second kappa shape index (κ2) is 6.55. The van der Waals surface area contributed by atoms with E-state index in [1.165, 1.54) is 16.8 Å². The number of fused-ring (bicyclic) bond motifs is 1. The van der Waals surface area contributed by atoms with E-state index in [-0.39, 0.29) is 11.4 Å². The average molecular weight is 381 g/mol. The van der Waals surface area contributed by atoms with Crippen LogP contribution in [-0.2, 0) is 4.79 Å². The maximum absolute atomic E-state index is 12.4. The number of thioether (sulfide) groups is 1. The zero-order valence-corrected chi connectivity index (χ0v) is 15.3. The minimum absolute atomic E-state index is 0.0102. The Labute approximate surface area is 159 Å². The Morgan fingerprint density at radius 3 is 2.77 bits per heavy atom. The van der Waals surface area contributed by atoms with Gasteiger partial charge in [0.05, 0.1) is 10.6 Å². The van der Waals surface area contributed by atoms with Gasteiger partial charge in [0.25, 0.3) is 5.91 Å². The first-order valence-corrected chi connectivity index (χ1v) is 9.04. The smallest absolute Gasteiger partial charge is 0.282 e. The molecule has 128 valence electrons. The fourth-order valence-electron chi connectivity index (χ4n) is 2.66. The molecule has 0 unspecified atom stereocenters. The van der Waals surface area contributed by atoms with Gasteiger partial charge in [-0.3, -0.25) is 10.2 Å². The summed E-state index contributed by atoms with van der Waals surface area (Å²) < 4.78 is 0. The molecule has 2 aromatic carbocycles. The fraction of sp³-hybridized carbons (Fsp3) is 0.0526. The van der Waals surface area contributed by atoms with Crippen molar-refractivity contribution < 1.29 is 4.79 Å². The zero-order chi connectivity index (χ0) is 18.3. The molecule has 0 saturated carbocycles. The molecule has 5 nitrogen and oxygen atoms in total. The SMILES string of the molecule is Cc1cccc(/C=C2\C(=N)N3N=C(c4ccccc4Cl)SC3=NC2=O)c1. The number of halogens is 1. The number of nitrogens with one attached hydrogen (secondary N) is 1. The van der Waals surface area contributed by atoms with Crippen LogP contribution in [-0.4, -0.2) is 27.0 Å². The minimum Gasteiger partial charge on any atom is -0.282 e. The van der Waals surface area contributed by atoms with Crippen LogP contribution < -0.4 is 0 Å². The molecule has 0 atom stereocenters. The number of amidine groups is 2. The van der Waals surface area contributed by atoms with Crippen molar-refractivity contribution in [1.29, 1.82) is 5.41 Å². The first-order chi connectivity index (χ1) is 12.5. The lowest BCUT2D eigenvalue weighted by Crippen LogP contribution is -2.35. The Morgan fingerprint density at radius 1 is 1.19 bits per heavy atom. The molecule has 0 spiro atoms. The molecule has 4 rings (SSSR count). The molecule has 0 saturated heterocycles. The molecule has 2 aliphatic rings. The van der Waals surface area contributed by atoms with Crippen LogP contribution in [0.4, 0.5) is 0 Å². The number of benzene rings is 2. The molecule has 7 heteroatoms. The lowest BCUT2D eigenvalue weighted by atomic mass is 10.1. The Hall–Kier alpha value is -2.70. The molecule has 2 aromatic rings. The molecule has 0 fully saturated rings. The largest absolute Gasteiger partial charge is 0.283 e. The molecule has 0 aliphatic carbocycles. The summed E-state index contributed by atoms with van der Waals surface area (Å²) in [5.74, 6) is -0.429. The summed E-state index contributed by atoms with van der Waals surface area (Å²) in [7, 11) is 0. The number of rotatable bonds is 2. The molecule has 0 bridgehead atoms. The molecule has 2 aliphatic heterocycles. The first kappa shape index (κ1) is 16.8. The summed E-state index contributed by atoms with van der Waals surface area (Å²) in [4.78, 5) is 16.5. The fourth-order valence-corrected chi connectivity index (χ4v) is 3.87. The predicted octanol–water partition coefficient (Wildman–Crippen LogP) is 4.32. The van der Waals surface area contributed by atoms with E-state index in [1.807, 2.05) is 49.4 Å². The van der Waals surface area contributed by atoms with E-state index in [1.54, 1.807) is 12.1 Å². The highest BCUT2D eigenvalue weighted by atomic mass is 35.5. The van der Waals surface area contributed by atoms with Gasteiger partial charge in [0, 0.05) is 5.56 Å². The Bertz CT molecular complexity index is 1040. The number of hydrogen-bond donors (Lipinski definition) is 1. The molecule has 0 radical (unpaired) electrons. The number of nitrogens with zero attached hydrogens (tertiary/aromatic N) is 3. The number of carbonyl (C=O) groups is 1. The number of hydrazone groups is 1. The van der Waals surface area contributed by atoms with Gasteiger partial charge in [-0.25, -0.2) is 0 Å². The highest BCUT2D eigenvalue weighted by Crippen LogP contribution is 2.33. The summed E-state index contributed by atoms with van der Waals surface area (Å²) in [6, 6.07) is 15.0. The Morgan fingerprint density at radius 2 is 2.00 bits per heavy atom. The van der Waals surface area contributed by atoms with Crippen LogP contribution in [0.3, 0.4) is 0 Å². The Kier molecular flexibility index (Phi) is 4.22. The number of carbonyl (C=O) groups excluding carboxylic acids is 1. The normalized spacial score (nSPS) is 18.1. The van der Waals surface area contributed by atoms with E-state index in [9.17, 15) is 4.79 Å². The number of hydrogen-bond acceptors (Lipinski definition) is 4. The van der Waals surface area contributed by atoms with Crippen molar-refractivity contribution in [2.24, 2.45) is 10.1 Å². The second-order valence-corrected chi connectivity index (χ2v) is 7.18. The lowest BCUT2D eigenvalue weighted by molar-refractivity contribution is -0.114. The van der Waals surface area contributed by atoms with Gasteiger partial charge in [0.2, 0.25) is 5.17 Å². The molecule has 26 heavy (non-hydrogen) atoms. The number of amides is 1. The van der Waals surface area contributed by atoms with E-state index >= 15 is 0 Å². The molecule has 1 N–H and O–H groups in total. The van der Waals surface area contributed by atoms with Crippen molar-refractivity contribution in [2.75, 3.05) is 0 Å². The summed E-state index contributed by atoms with van der Waals surface area (Å²) >= 11 is 7.47. The summed E-state index contributed by atoms with van der Waals surface area (Å²) in [6.45, 7) is 1.98. The maximum Gasteiger partial charge on any atom is 0.283 e. The van der Waals surface area contributed by atoms with Gasteiger partial charge in [-0.1, -0.05) is 59.6 Å². The van der Waals surface area contributed by atoms with E-state index in [4.69, 9.17) is 17.0 Å². The summed E-state index contributed by atoms with van der Waals surface area (Å²) in [5.41, 5.74) is 2.89. The standard InChI is InChI=1S/C19H13ClN4OS/c1-11-5-4-6-12(9-11)10-14-16(21)24-19(22-17(14)25)26-18(23-24)13-7-2-3-8-15(13)20/h2-10,21H,1H3/b14-10+,21-16?. The highest BCUT2D eigenvalue weighted by molar-refractivity contribution is 8.27. The van der Waals surface area contributed by atoms with Crippen LogP contribution in [0, 0.1) is 12.3 Å². The van der Waals surface area contributed by atoms with Crippen molar-refractivity contribution in [3.05, 3.63) is 75.8 Å². The molecule has 2 heterocycles. The molecular weight excluding hydrogens is 368 g/mol. The third-order valence-corrected chi connectivity index (χ3v) is 5.18. The van der Waals surface area contributed by atoms with Gasteiger partial charge >= 0.3 is 0 Å². The zero-order valence-electron chi connectivity index (χ0n) is 13.7. The van der Waals surface area contributed by atoms with Gasteiger partial charge in [0.1, 0.15) is 5.04 Å². The predicted molar refractivity (Wildman–Crippen MR) is 107 cm³/mol. The molecular formula is C19H13ClN4OS. The van der Waals surface area contributed by atoms with Crippen LogP contribution in [0.25, 0.3) is 6.08 Å². The van der Waals surface area contributed by atoms with Gasteiger partial charge in [-0.2, -0.15) is 15.1 Å². The molecule has 1 amide bonds. The molecule has 0 aromatic heterocycles. The van der Waals surface area contributed by atoms with Gasteiger partial charge in [0.15, 0.2) is 5.84 Å². The van der Waals surface area contributed by atoms with Gasteiger partial charge < -0.3 is 0 Å². The van der Waals surface area contributed by atoms with Crippen molar-refractivity contribution in [3.8, 4) is 0 Å². The van der Waals surface area contributed by atoms with E-state index in [0.29, 0.717) is 15.2 Å². The summed E-state index contributed by atoms with van der Waals surface area (Å²) in [6.07, 6.45) is 1.67. The quantitative estimate of drug-likeness (QED) is 0.789. The topological polar surface area (TPSA) is 68.9 Å². The lowest BCUT2D eigenvalue weighted by Gasteiger charge is -2.20. The van der Waals surface area contributed by atoms with E-state index < -0.39 is 5.91 Å². The summed E-state index contributed by atoms with van der Waals surface area (Å²) in [5, 5.41) is 15.8. The monoisotopic (exact) mass is 380 g/mol. The van der Waals surface area contributed by atoms with Gasteiger partial charge in [-0.15, -0.1) is 0 Å². The highest BCUT2D eigenvalue weighted by Gasteiger charge is 2.36. The second-order valence-electron chi connectivity index (χ2n) is 5.82. The minimum atomic E-state index is -0.439.